The molecule has 5 heteroatoms. The van der Waals surface area contributed by atoms with E-state index in [-0.39, 0.29) is 6.10 Å². The second-order valence-corrected chi connectivity index (χ2v) is 5.53. The van der Waals surface area contributed by atoms with Crippen molar-refractivity contribution in [2.75, 3.05) is 38.3 Å². The van der Waals surface area contributed by atoms with Gasteiger partial charge < -0.3 is 19.7 Å². The molecule has 1 aromatic carbocycles. The van der Waals surface area contributed by atoms with Crippen LogP contribution in [0.25, 0.3) is 0 Å². The van der Waals surface area contributed by atoms with Gasteiger partial charge in [-0.1, -0.05) is 11.6 Å². The van der Waals surface area contributed by atoms with Gasteiger partial charge in [0.1, 0.15) is 11.9 Å². The third kappa shape index (κ3) is 2.66. The molecule has 104 valence electrons. The lowest BCUT2D eigenvalue weighted by Crippen LogP contribution is -2.52. The van der Waals surface area contributed by atoms with E-state index in [4.69, 9.17) is 21.1 Å². The quantitative estimate of drug-likeness (QED) is 0.899. The van der Waals surface area contributed by atoms with Crippen LogP contribution in [0.3, 0.4) is 0 Å². The molecule has 3 rings (SSSR count). The number of hydrogen-bond acceptors (Lipinski definition) is 4. The minimum Gasteiger partial charge on any atom is -0.486 e. The van der Waals surface area contributed by atoms with Crippen LogP contribution in [0.2, 0.25) is 5.02 Å². The van der Waals surface area contributed by atoms with E-state index in [0.29, 0.717) is 12.6 Å². The van der Waals surface area contributed by atoms with Crippen molar-refractivity contribution in [2.24, 2.45) is 0 Å². The van der Waals surface area contributed by atoms with Gasteiger partial charge in [0.25, 0.3) is 0 Å². The summed E-state index contributed by atoms with van der Waals surface area (Å²) in [6.07, 6.45) is 1.06. The highest BCUT2D eigenvalue weighted by Crippen LogP contribution is 2.37. The number of methoxy groups -OCH3 is 1. The van der Waals surface area contributed by atoms with Gasteiger partial charge in [0, 0.05) is 44.2 Å². The van der Waals surface area contributed by atoms with Crippen LogP contribution in [-0.2, 0) is 4.74 Å². The Morgan fingerprint density at radius 2 is 2.42 bits per heavy atom. The Morgan fingerprint density at radius 3 is 3.26 bits per heavy atom. The second kappa shape index (κ2) is 5.57. The average molecular weight is 283 g/mol. The number of rotatable bonds is 2. The summed E-state index contributed by atoms with van der Waals surface area (Å²) in [4.78, 5) is 2.41. The summed E-state index contributed by atoms with van der Waals surface area (Å²) in [5.74, 6) is 0.913. The van der Waals surface area contributed by atoms with Crippen LogP contribution in [0, 0.1) is 0 Å². The molecule has 2 aliphatic rings. The lowest BCUT2D eigenvalue weighted by atomic mass is 10.1. The number of piperazine rings is 1. The zero-order valence-electron chi connectivity index (χ0n) is 11.1. The van der Waals surface area contributed by atoms with E-state index in [0.717, 1.165) is 42.5 Å². The molecule has 0 radical (unpaired) electrons. The molecule has 0 aliphatic carbocycles. The molecule has 0 unspecified atom stereocenters. The Balaban J connectivity index is 1.96. The maximum absolute atomic E-state index is 6.14. The number of ether oxygens (including phenoxy) is 2. The molecule has 2 aliphatic heterocycles. The van der Waals surface area contributed by atoms with E-state index in [9.17, 15) is 0 Å². The van der Waals surface area contributed by atoms with Crippen LogP contribution >= 0.6 is 11.6 Å². The van der Waals surface area contributed by atoms with Gasteiger partial charge in [0.2, 0.25) is 0 Å². The molecular weight excluding hydrogens is 264 g/mol. The highest BCUT2D eigenvalue weighted by Gasteiger charge is 2.32. The van der Waals surface area contributed by atoms with Gasteiger partial charge in [-0.3, -0.25) is 0 Å². The Morgan fingerprint density at radius 1 is 1.53 bits per heavy atom. The van der Waals surface area contributed by atoms with Crippen molar-refractivity contribution in [3.63, 3.8) is 0 Å². The summed E-state index contributed by atoms with van der Waals surface area (Å²) in [5.41, 5.74) is 1.11. The van der Waals surface area contributed by atoms with E-state index in [1.807, 2.05) is 18.2 Å². The van der Waals surface area contributed by atoms with E-state index in [1.54, 1.807) is 7.11 Å². The van der Waals surface area contributed by atoms with Crippen LogP contribution in [0.1, 0.15) is 6.42 Å². The summed E-state index contributed by atoms with van der Waals surface area (Å²) >= 11 is 6.14. The standard InChI is InChI=1S/C14H19ClN2O2/c1-18-9-12-7-11-8-16-4-5-17(11)13-6-10(15)2-3-14(13)19-12/h2-3,6,11-12,16H,4-5,7-9H2,1H3/t11-,12+/m1/s1. The molecule has 0 bridgehead atoms. The summed E-state index contributed by atoms with van der Waals surface area (Å²) in [7, 11) is 1.72. The van der Waals surface area contributed by atoms with Crippen LogP contribution in [0.15, 0.2) is 18.2 Å². The van der Waals surface area contributed by atoms with Gasteiger partial charge in [-0.05, 0) is 18.2 Å². The van der Waals surface area contributed by atoms with Crippen molar-refractivity contribution in [1.29, 1.82) is 0 Å². The maximum Gasteiger partial charge on any atom is 0.143 e. The number of fused-ring (bicyclic) bond motifs is 3. The van der Waals surface area contributed by atoms with Crippen LogP contribution < -0.4 is 15.0 Å². The van der Waals surface area contributed by atoms with Crippen molar-refractivity contribution < 1.29 is 9.47 Å². The molecule has 1 N–H and O–H groups in total. The van der Waals surface area contributed by atoms with Crippen LogP contribution in [-0.4, -0.2) is 45.5 Å². The summed E-state index contributed by atoms with van der Waals surface area (Å²) in [6, 6.07) is 6.29. The first kappa shape index (κ1) is 13.0. The Bertz CT molecular complexity index is 455. The van der Waals surface area contributed by atoms with Crippen LogP contribution in [0.5, 0.6) is 5.75 Å². The van der Waals surface area contributed by atoms with Crippen molar-refractivity contribution in [3.8, 4) is 5.75 Å². The minimum absolute atomic E-state index is 0.0971. The van der Waals surface area contributed by atoms with Gasteiger partial charge in [-0.25, -0.2) is 0 Å². The van der Waals surface area contributed by atoms with Crippen molar-refractivity contribution in [1.82, 2.24) is 5.32 Å². The minimum atomic E-state index is 0.0971. The number of halogens is 1. The van der Waals surface area contributed by atoms with Crippen molar-refractivity contribution >= 4 is 17.3 Å². The van der Waals surface area contributed by atoms with E-state index in [2.05, 4.69) is 10.2 Å². The summed E-state index contributed by atoms with van der Waals surface area (Å²) < 4.78 is 11.4. The van der Waals surface area contributed by atoms with Crippen molar-refractivity contribution in [3.05, 3.63) is 23.2 Å². The van der Waals surface area contributed by atoms with E-state index >= 15 is 0 Å². The fourth-order valence-electron chi connectivity index (χ4n) is 2.92. The van der Waals surface area contributed by atoms with Gasteiger partial charge in [-0.2, -0.15) is 0 Å². The molecule has 1 saturated heterocycles. The number of anilines is 1. The zero-order chi connectivity index (χ0) is 13.2. The van der Waals surface area contributed by atoms with E-state index < -0.39 is 0 Å². The third-order valence-corrected chi connectivity index (χ3v) is 4.00. The fraction of sp³-hybridized carbons (Fsp3) is 0.571. The SMILES string of the molecule is COC[C@@H]1C[C@@H]2CNCCN2c2cc(Cl)ccc2O1. The van der Waals surface area contributed by atoms with Gasteiger partial charge >= 0.3 is 0 Å². The molecule has 0 spiro atoms. The van der Waals surface area contributed by atoms with Crippen LogP contribution in [0.4, 0.5) is 5.69 Å². The zero-order valence-corrected chi connectivity index (χ0v) is 11.8. The second-order valence-electron chi connectivity index (χ2n) is 5.09. The largest absolute Gasteiger partial charge is 0.486 e. The smallest absolute Gasteiger partial charge is 0.143 e. The Hall–Kier alpha value is -0.970. The topological polar surface area (TPSA) is 33.7 Å². The Kier molecular flexibility index (Phi) is 3.82. The van der Waals surface area contributed by atoms with Gasteiger partial charge in [0.05, 0.1) is 12.3 Å². The third-order valence-electron chi connectivity index (χ3n) is 3.76. The molecule has 0 saturated carbocycles. The maximum atomic E-state index is 6.14. The first-order chi connectivity index (χ1) is 9.28. The lowest BCUT2D eigenvalue weighted by molar-refractivity contribution is 0.0745. The molecule has 2 atom stereocenters. The molecule has 1 aromatic rings. The number of nitrogens with one attached hydrogen (secondary N) is 1. The molecule has 2 heterocycles. The van der Waals surface area contributed by atoms with Crippen molar-refractivity contribution in [2.45, 2.75) is 18.6 Å². The molecular formula is C14H19ClN2O2. The summed E-state index contributed by atoms with van der Waals surface area (Å²) in [5, 5.41) is 4.20. The molecule has 1 fully saturated rings. The highest BCUT2D eigenvalue weighted by atomic mass is 35.5. The van der Waals surface area contributed by atoms with Gasteiger partial charge in [0.15, 0.2) is 0 Å². The predicted molar refractivity (Wildman–Crippen MR) is 76.4 cm³/mol. The van der Waals surface area contributed by atoms with E-state index in [1.165, 1.54) is 0 Å². The normalized spacial score (nSPS) is 26.1. The first-order valence-electron chi connectivity index (χ1n) is 6.70. The highest BCUT2D eigenvalue weighted by molar-refractivity contribution is 6.30. The molecule has 19 heavy (non-hydrogen) atoms. The van der Waals surface area contributed by atoms with Gasteiger partial charge in [-0.15, -0.1) is 0 Å². The average Bonchev–Trinajstić information content (AvgIpc) is 2.56. The fourth-order valence-corrected chi connectivity index (χ4v) is 3.09. The number of hydrogen-bond donors (Lipinski definition) is 1. The monoisotopic (exact) mass is 282 g/mol. The molecule has 0 amide bonds. The number of benzene rings is 1. The molecule has 4 nitrogen and oxygen atoms in total. The predicted octanol–water partition coefficient (Wildman–Crippen LogP) is 1.92. The number of nitrogens with zero attached hydrogens (tertiary/aromatic N) is 1. The first-order valence-corrected chi connectivity index (χ1v) is 7.08. The Labute approximate surface area is 118 Å². The molecule has 0 aromatic heterocycles. The lowest BCUT2D eigenvalue weighted by Gasteiger charge is -2.37. The summed E-state index contributed by atoms with van der Waals surface area (Å²) in [6.45, 7) is 3.58.